The molecule has 1 N–H and O–H groups in total. The van der Waals surface area contributed by atoms with Crippen LogP contribution in [0.4, 0.5) is 36.2 Å². The molecule has 17 heteroatoms. The van der Waals surface area contributed by atoms with E-state index in [2.05, 4.69) is 26.1 Å². The highest BCUT2D eigenvalue weighted by Gasteiger charge is 2.56. The van der Waals surface area contributed by atoms with Gasteiger partial charge in [0.15, 0.2) is 0 Å². The fourth-order valence-electron chi connectivity index (χ4n) is 9.42. The van der Waals surface area contributed by atoms with Crippen LogP contribution >= 0.6 is 0 Å². The number of hydrogen-bond donors (Lipinski definition) is 1. The Morgan fingerprint density at radius 1 is 0.902 bits per heavy atom. The highest BCUT2D eigenvalue weighted by atomic mass is 19.4. The first-order chi connectivity index (χ1) is 29.2. The highest BCUT2D eigenvalue weighted by Crippen LogP contribution is 2.39. The Morgan fingerprint density at radius 2 is 1.57 bits per heavy atom. The Kier molecular flexibility index (Phi) is 11.8. The van der Waals surface area contributed by atoms with Crippen molar-refractivity contribution in [1.29, 1.82) is 5.26 Å². The van der Waals surface area contributed by atoms with Crippen LogP contribution in [0.2, 0.25) is 0 Å². The lowest BCUT2D eigenvalue weighted by Gasteiger charge is -2.37. The number of carbonyl (C=O) groups is 4. The number of alkyl halides is 3. The molecular formula is C44H52F3N10O4+. The van der Waals surface area contributed by atoms with Gasteiger partial charge in [-0.3, -0.25) is 24.6 Å². The molecule has 1 unspecified atom stereocenters. The van der Waals surface area contributed by atoms with Gasteiger partial charge in [0.25, 0.3) is 5.91 Å². The van der Waals surface area contributed by atoms with Crippen LogP contribution in [0.25, 0.3) is 0 Å². The normalized spacial score (nSPS) is 20.3. The van der Waals surface area contributed by atoms with E-state index in [9.17, 15) is 32.3 Å². The second-order valence-electron chi connectivity index (χ2n) is 17.1. The van der Waals surface area contributed by atoms with E-state index in [0.717, 1.165) is 88.5 Å². The van der Waals surface area contributed by atoms with Crippen LogP contribution in [0.1, 0.15) is 73.1 Å². The van der Waals surface area contributed by atoms with Gasteiger partial charge in [-0.05, 0) is 87.9 Å². The van der Waals surface area contributed by atoms with Crippen LogP contribution in [-0.2, 0) is 27.1 Å². The molecule has 0 radical (unpaired) electrons. The zero-order valence-electron chi connectivity index (χ0n) is 34.7. The second-order valence-corrected chi connectivity index (χ2v) is 17.1. The fraction of sp³-hybridized carbons (Fsp3) is 0.523. The third-order valence-electron chi connectivity index (χ3n) is 13.3. The average Bonchev–Trinajstić information content (AvgIpc) is 4.02. The number of anilines is 3. The molecule has 0 bridgehead atoms. The molecule has 3 aromatic rings. The number of nitriles is 1. The minimum absolute atomic E-state index is 0.133. The van der Waals surface area contributed by atoms with E-state index in [1.54, 1.807) is 25.1 Å². The van der Waals surface area contributed by atoms with E-state index < -0.39 is 35.2 Å². The van der Waals surface area contributed by atoms with E-state index >= 15 is 0 Å². The number of piperazine rings is 1. The largest absolute Gasteiger partial charge is 0.417 e. The highest BCUT2D eigenvalue weighted by molar-refractivity contribution is 6.03. The first-order valence-corrected chi connectivity index (χ1v) is 21.3. The predicted octanol–water partition coefficient (Wildman–Crippen LogP) is 4.57. The van der Waals surface area contributed by atoms with Crippen molar-refractivity contribution in [3.05, 3.63) is 71.0 Å². The molecule has 4 fully saturated rings. The summed E-state index contributed by atoms with van der Waals surface area (Å²) >= 11 is 0. The summed E-state index contributed by atoms with van der Waals surface area (Å²) in [6.07, 6.45) is 1.72. The maximum Gasteiger partial charge on any atom is 0.417 e. The lowest BCUT2D eigenvalue weighted by atomic mass is 9.93. The van der Waals surface area contributed by atoms with E-state index in [-0.39, 0.29) is 28.8 Å². The number of imide groups is 1. The first-order valence-electron chi connectivity index (χ1n) is 21.3. The van der Waals surface area contributed by atoms with Crippen molar-refractivity contribution in [2.45, 2.75) is 64.7 Å². The quantitative estimate of drug-likeness (QED) is 0.227. The molecule has 8 rings (SSSR count). The number of quaternary nitrogens is 1. The molecule has 14 nitrogen and oxygen atoms in total. The maximum absolute atomic E-state index is 13.9. The predicted molar refractivity (Wildman–Crippen MR) is 222 cm³/mol. The molecule has 5 aliphatic rings. The van der Waals surface area contributed by atoms with Crippen molar-refractivity contribution in [2.24, 2.45) is 11.8 Å². The van der Waals surface area contributed by atoms with Crippen LogP contribution in [0.5, 0.6) is 0 Å². The van der Waals surface area contributed by atoms with Crippen LogP contribution in [-0.4, -0.2) is 121 Å². The topological polar surface area (TPSA) is 146 Å². The number of fused-ring (bicyclic) bond motifs is 1. The molecule has 0 spiro atoms. The third kappa shape index (κ3) is 8.78. The van der Waals surface area contributed by atoms with Crippen LogP contribution in [0.3, 0.4) is 0 Å². The first kappa shape index (κ1) is 42.1. The van der Waals surface area contributed by atoms with E-state index in [1.807, 2.05) is 23.2 Å². The fourth-order valence-corrected chi connectivity index (χ4v) is 9.42. The van der Waals surface area contributed by atoms with E-state index in [4.69, 9.17) is 15.2 Å². The standard InChI is InChI=1S/C44H51F3N10O4/c1-29(41(59)50-30(2)58)56-28-38-36(42(56)60)6-7-39(51-38)55-21-19-52(20-22-55)14-9-31-10-15-54(16-11-31)35-5-8-40(49-27-35)57(23-24-57)43(61)32-12-17-53(18-13-32)34-4-3-33(26-48)37(25-34)44(45,46)47/h3-8,25,27,29,31-32H,9-24,28H2,1-2H3/p+1. The van der Waals surface area contributed by atoms with Crippen molar-refractivity contribution in [3.8, 4) is 6.07 Å². The number of halogens is 3. The molecule has 61 heavy (non-hydrogen) atoms. The molecule has 1 aromatic carbocycles. The van der Waals surface area contributed by atoms with Gasteiger partial charge in [-0.15, -0.1) is 0 Å². The molecule has 4 amide bonds. The summed E-state index contributed by atoms with van der Waals surface area (Å²) in [6.45, 7) is 11.9. The molecule has 0 saturated carbocycles. The number of nitrogens with zero attached hydrogens (tertiary/aromatic N) is 9. The second kappa shape index (κ2) is 17.0. The molecular weight excluding hydrogens is 790 g/mol. The maximum atomic E-state index is 13.9. The van der Waals surface area contributed by atoms with Crippen LogP contribution < -0.4 is 24.5 Å². The number of carbonyl (C=O) groups excluding carboxylic acids is 4. The Bertz CT molecular complexity index is 2200. The molecule has 322 valence electrons. The van der Waals surface area contributed by atoms with Gasteiger partial charge in [0, 0.05) is 71.0 Å². The lowest BCUT2D eigenvalue weighted by Crippen LogP contribution is -2.47. The van der Waals surface area contributed by atoms with Gasteiger partial charge in [-0.25, -0.2) is 19.2 Å². The minimum Gasteiger partial charge on any atom is -0.371 e. The number of rotatable bonds is 10. The third-order valence-corrected chi connectivity index (χ3v) is 13.3. The lowest BCUT2D eigenvalue weighted by molar-refractivity contribution is -0.138. The van der Waals surface area contributed by atoms with Gasteiger partial charge in [-0.1, -0.05) is 0 Å². The SMILES string of the molecule is CC(=O)NC(=O)C(C)N1Cc2nc(N3CCN(CCC4CCN(c5ccc([N+]6(C(=O)C7CCN(c8ccc(C#N)c(C(F)(F)F)c8)CC7)CC6)nc5)CC4)CC3)ccc2C1=O. The van der Waals surface area contributed by atoms with Gasteiger partial charge in [-0.2, -0.15) is 18.4 Å². The number of benzene rings is 1. The molecule has 2 aromatic heterocycles. The summed E-state index contributed by atoms with van der Waals surface area (Å²) in [4.78, 5) is 70.7. The number of pyridine rings is 2. The summed E-state index contributed by atoms with van der Waals surface area (Å²) in [5, 5.41) is 11.4. The van der Waals surface area contributed by atoms with Gasteiger partial charge >= 0.3 is 12.1 Å². The van der Waals surface area contributed by atoms with Gasteiger partial charge in [0.2, 0.25) is 17.6 Å². The summed E-state index contributed by atoms with van der Waals surface area (Å²) in [6, 6.07) is 12.4. The molecule has 7 heterocycles. The van der Waals surface area contributed by atoms with E-state index in [0.29, 0.717) is 61.9 Å². The zero-order valence-corrected chi connectivity index (χ0v) is 34.7. The summed E-state index contributed by atoms with van der Waals surface area (Å²) < 4.78 is 40.9. The number of amides is 4. The Balaban J connectivity index is 0.764. The van der Waals surface area contributed by atoms with Crippen molar-refractivity contribution >= 4 is 46.6 Å². The van der Waals surface area contributed by atoms with Crippen LogP contribution in [0.15, 0.2) is 48.7 Å². The Hall–Kier alpha value is -5.60. The monoisotopic (exact) mass is 841 g/mol. The van der Waals surface area contributed by atoms with Gasteiger partial charge in [0.1, 0.15) is 24.9 Å². The van der Waals surface area contributed by atoms with Crippen molar-refractivity contribution in [3.63, 3.8) is 0 Å². The Morgan fingerprint density at radius 3 is 2.20 bits per heavy atom. The number of piperidine rings is 2. The zero-order chi connectivity index (χ0) is 43.1. The number of hydrogen-bond acceptors (Lipinski definition) is 11. The number of nitrogens with one attached hydrogen (secondary N) is 1. The molecule has 0 aliphatic carbocycles. The summed E-state index contributed by atoms with van der Waals surface area (Å²) in [7, 11) is 0. The van der Waals surface area contributed by atoms with Gasteiger partial charge < -0.3 is 19.6 Å². The van der Waals surface area contributed by atoms with Crippen LogP contribution in [0, 0.1) is 23.2 Å². The summed E-state index contributed by atoms with van der Waals surface area (Å²) in [5.74, 6) is 0.934. The molecule has 5 aliphatic heterocycles. The van der Waals surface area contributed by atoms with Gasteiger partial charge in [0.05, 0.1) is 52.8 Å². The van der Waals surface area contributed by atoms with Crippen molar-refractivity contribution in [2.75, 3.05) is 86.7 Å². The average molecular weight is 842 g/mol. The molecule has 1 atom stereocenters. The smallest absolute Gasteiger partial charge is 0.371 e. The van der Waals surface area contributed by atoms with Crippen molar-refractivity contribution < 1.29 is 32.3 Å². The van der Waals surface area contributed by atoms with Crippen molar-refractivity contribution in [1.82, 2.24) is 29.6 Å². The number of aromatic nitrogens is 2. The Labute approximate surface area is 353 Å². The minimum atomic E-state index is -4.62. The van der Waals surface area contributed by atoms with E-state index in [1.165, 1.54) is 17.9 Å². The molecule has 4 saturated heterocycles. The summed E-state index contributed by atoms with van der Waals surface area (Å²) in [5.41, 5.74) is 1.29.